The standard InChI is InChI=1S/C11H16O3.C3H8/c1-3-4-8-7(2)11-9(13-8)5-6-10(12)14-11;1-3-2/h8-9,11H,2-6H2,1H3;3H2,1-2H3/t8-,9-,11-;/m0./s1. The second kappa shape index (κ2) is 6.80. The molecule has 17 heavy (non-hydrogen) atoms. The molecule has 0 bridgehead atoms. The zero-order chi connectivity index (χ0) is 12.8. The van der Waals surface area contributed by atoms with Crippen LogP contribution in [0.5, 0.6) is 0 Å². The first-order valence-electron chi connectivity index (χ1n) is 6.67. The summed E-state index contributed by atoms with van der Waals surface area (Å²) < 4.78 is 11.0. The first-order chi connectivity index (χ1) is 8.13. The summed E-state index contributed by atoms with van der Waals surface area (Å²) in [5.41, 5.74) is 0.949. The van der Waals surface area contributed by atoms with Crippen molar-refractivity contribution in [2.75, 3.05) is 0 Å². The molecule has 98 valence electrons. The number of esters is 1. The molecule has 2 fully saturated rings. The Balaban J connectivity index is 0.000000437. The van der Waals surface area contributed by atoms with Gasteiger partial charge in [-0.2, -0.15) is 0 Å². The quantitative estimate of drug-likeness (QED) is 0.549. The van der Waals surface area contributed by atoms with Crippen molar-refractivity contribution in [1.29, 1.82) is 0 Å². The fourth-order valence-corrected chi connectivity index (χ4v) is 2.14. The summed E-state index contributed by atoms with van der Waals surface area (Å²) in [4.78, 5) is 11.1. The van der Waals surface area contributed by atoms with Crippen molar-refractivity contribution in [2.45, 2.75) is 71.2 Å². The molecule has 0 aromatic heterocycles. The maximum absolute atomic E-state index is 11.1. The van der Waals surface area contributed by atoms with Crippen molar-refractivity contribution in [1.82, 2.24) is 0 Å². The van der Waals surface area contributed by atoms with Gasteiger partial charge in [0.2, 0.25) is 0 Å². The number of hydrogen-bond acceptors (Lipinski definition) is 3. The van der Waals surface area contributed by atoms with Gasteiger partial charge in [-0.1, -0.05) is 40.2 Å². The van der Waals surface area contributed by atoms with Gasteiger partial charge < -0.3 is 9.47 Å². The third kappa shape index (κ3) is 3.56. The van der Waals surface area contributed by atoms with E-state index in [-0.39, 0.29) is 24.3 Å². The summed E-state index contributed by atoms with van der Waals surface area (Å²) in [5.74, 6) is -0.117. The Morgan fingerprint density at radius 3 is 2.59 bits per heavy atom. The molecule has 2 saturated heterocycles. The molecular formula is C14H24O3. The van der Waals surface area contributed by atoms with Crippen LogP contribution in [0.1, 0.15) is 52.9 Å². The summed E-state index contributed by atoms with van der Waals surface area (Å²) >= 11 is 0. The lowest BCUT2D eigenvalue weighted by atomic mass is 9.98. The largest absolute Gasteiger partial charge is 0.455 e. The number of carbonyl (C=O) groups is 1. The molecule has 0 unspecified atom stereocenters. The van der Waals surface area contributed by atoms with Crippen molar-refractivity contribution in [3.63, 3.8) is 0 Å². The minimum atomic E-state index is -0.173. The van der Waals surface area contributed by atoms with Gasteiger partial charge in [-0.15, -0.1) is 0 Å². The van der Waals surface area contributed by atoms with E-state index in [9.17, 15) is 4.79 Å². The fraction of sp³-hybridized carbons (Fsp3) is 0.786. The minimum Gasteiger partial charge on any atom is -0.455 e. The molecule has 0 aromatic carbocycles. The molecule has 3 atom stereocenters. The molecule has 0 spiro atoms. The molecule has 2 rings (SSSR count). The minimum absolute atomic E-state index is 0.0664. The molecular weight excluding hydrogens is 216 g/mol. The third-order valence-corrected chi connectivity index (χ3v) is 2.90. The summed E-state index contributed by atoms with van der Waals surface area (Å²) in [6.07, 6.45) is 4.54. The highest BCUT2D eigenvalue weighted by molar-refractivity contribution is 5.71. The van der Waals surface area contributed by atoms with E-state index in [0.29, 0.717) is 6.42 Å². The molecule has 0 aromatic rings. The molecule has 2 aliphatic heterocycles. The molecule has 0 aliphatic carbocycles. The first-order valence-corrected chi connectivity index (χ1v) is 6.67. The average Bonchev–Trinajstić information content (AvgIpc) is 2.59. The van der Waals surface area contributed by atoms with Crippen LogP contribution >= 0.6 is 0 Å². The van der Waals surface area contributed by atoms with Crippen molar-refractivity contribution < 1.29 is 14.3 Å². The van der Waals surface area contributed by atoms with Crippen LogP contribution in [0.3, 0.4) is 0 Å². The molecule has 2 aliphatic rings. The molecule has 0 saturated carbocycles. The van der Waals surface area contributed by atoms with Gasteiger partial charge in [0.1, 0.15) is 0 Å². The van der Waals surface area contributed by atoms with Gasteiger partial charge in [-0.05, 0) is 18.4 Å². The maximum atomic E-state index is 11.1. The van der Waals surface area contributed by atoms with E-state index in [1.54, 1.807) is 0 Å². The molecule has 3 nitrogen and oxygen atoms in total. The summed E-state index contributed by atoms with van der Waals surface area (Å²) in [6.45, 7) is 10.3. The summed E-state index contributed by atoms with van der Waals surface area (Å²) in [7, 11) is 0. The second-order valence-corrected chi connectivity index (χ2v) is 4.68. The monoisotopic (exact) mass is 240 g/mol. The lowest BCUT2D eigenvalue weighted by Crippen LogP contribution is -2.33. The van der Waals surface area contributed by atoms with Crippen LogP contribution in [0.2, 0.25) is 0 Å². The third-order valence-electron chi connectivity index (χ3n) is 2.90. The van der Waals surface area contributed by atoms with E-state index in [1.807, 2.05) is 0 Å². The Hall–Kier alpha value is -0.830. The van der Waals surface area contributed by atoms with Crippen LogP contribution in [0.15, 0.2) is 12.2 Å². The smallest absolute Gasteiger partial charge is 0.306 e. The fourth-order valence-electron chi connectivity index (χ4n) is 2.14. The van der Waals surface area contributed by atoms with E-state index < -0.39 is 0 Å². The van der Waals surface area contributed by atoms with Crippen LogP contribution < -0.4 is 0 Å². The Morgan fingerprint density at radius 2 is 2.00 bits per heavy atom. The molecule has 0 radical (unpaired) electrons. The highest BCUT2D eigenvalue weighted by Crippen LogP contribution is 2.35. The van der Waals surface area contributed by atoms with E-state index >= 15 is 0 Å². The van der Waals surface area contributed by atoms with Crippen molar-refractivity contribution in [2.24, 2.45) is 0 Å². The van der Waals surface area contributed by atoms with Crippen LogP contribution in [0.4, 0.5) is 0 Å². The summed E-state index contributed by atoms with van der Waals surface area (Å²) in [6, 6.07) is 0. The van der Waals surface area contributed by atoms with E-state index in [4.69, 9.17) is 9.47 Å². The number of carbonyl (C=O) groups excluding carboxylic acids is 1. The Bertz CT molecular complexity index is 273. The van der Waals surface area contributed by atoms with Gasteiger partial charge in [0.25, 0.3) is 0 Å². The predicted octanol–water partition coefficient (Wildman–Crippen LogP) is 3.23. The van der Waals surface area contributed by atoms with Crippen LogP contribution in [-0.2, 0) is 14.3 Å². The zero-order valence-electron chi connectivity index (χ0n) is 11.2. The lowest BCUT2D eigenvalue weighted by molar-refractivity contribution is -0.158. The van der Waals surface area contributed by atoms with Crippen LogP contribution in [0, 0.1) is 0 Å². The highest BCUT2D eigenvalue weighted by Gasteiger charge is 2.43. The Morgan fingerprint density at radius 1 is 1.35 bits per heavy atom. The lowest BCUT2D eigenvalue weighted by Gasteiger charge is -2.23. The van der Waals surface area contributed by atoms with E-state index in [1.165, 1.54) is 6.42 Å². The second-order valence-electron chi connectivity index (χ2n) is 4.68. The van der Waals surface area contributed by atoms with Crippen molar-refractivity contribution in [3.8, 4) is 0 Å². The van der Waals surface area contributed by atoms with Gasteiger partial charge in [0, 0.05) is 6.42 Å². The summed E-state index contributed by atoms with van der Waals surface area (Å²) in [5, 5.41) is 0. The van der Waals surface area contributed by atoms with Crippen molar-refractivity contribution >= 4 is 5.97 Å². The number of rotatable bonds is 2. The van der Waals surface area contributed by atoms with Gasteiger partial charge in [-0.25, -0.2) is 0 Å². The molecule has 0 N–H and O–H groups in total. The van der Waals surface area contributed by atoms with Crippen LogP contribution in [0.25, 0.3) is 0 Å². The predicted molar refractivity (Wildman–Crippen MR) is 67.8 cm³/mol. The average molecular weight is 240 g/mol. The van der Waals surface area contributed by atoms with Gasteiger partial charge in [-0.3, -0.25) is 4.79 Å². The molecule has 2 heterocycles. The number of fused-ring (bicyclic) bond motifs is 1. The number of hydrogen-bond donors (Lipinski definition) is 0. The normalized spacial score (nSPS) is 31.4. The van der Waals surface area contributed by atoms with Gasteiger partial charge >= 0.3 is 5.97 Å². The number of ether oxygens (including phenoxy) is 2. The first kappa shape index (κ1) is 14.2. The van der Waals surface area contributed by atoms with E-state index in [0.717, 1.165) is 24.8 Å². The molecule has 0 amide bonds. The van der Waals surface area contributed by atoms with Crippen molar-refractivity contribution in [3.05, 3.63) is 12.2 Å². The Kier molecular flexibility index (Phi) is 5.69. The van der Waals surface area contributed by atoms with E-state index in [2.05, 4.69) is 27.4 Å². The molecule has 3 heteroatoms. The highest BCUT2D eigenvalue weighted by atomic mass is 16.6. The van der Waals surface area contributed by atoms with Gasteiger partial charge in [0.05, 0.1) is 12.2 Å². The SMILES string of the molecule is C=C1[C@H](CCC)O[C@H]2CCC(=O)O[C@@H]12.CCC. The van der Waals surface area contributed by atoms with Gasteiger partial charge in [0.15, 0.2) is 6.10 Å². The maximum Gasteiger partial charge on any atom is 0.306 e. The van der Waals surface area contributed by atoms with Crippen LogP contribution in [-0.4, -0.2) is 24.3 Å². The zero-order valence-corrected chi connectivity index (χ0v) is 11.2. The topological polar surface area (TPSA) is 35.5 Å². The Labute approximate surface area is 104 Å².